The van der Waals surface area contributed by atoms with Gasteiger partial charge in [-0.25, -0.2) is 4.79 Å². The van der Waals surface area contributed by atoms with Crippen LogP contribution in [0.1, 0.15) is 40.5 Å². The SMILES string of the molecule is CCOC(=O)CCNC1CCN(C(=O)OC(C)(C)C)C1. The van der Waals surface area contributed by atoms with E-state index in [2.05, 4.69) is 5.32 Å². The standard InChI is InChI=1S/C14H26N2O4/c1-5-19-12(17)6-8-15-11-7-9-16(10-11)13(18)20-14(2,3)4/h11,15H,5-10H2,1-4H3. The minimum Gasteiger partial charge on any atom is -0.466 e. The topological polar surface area (TPSA) is 67.9 Å². The first-order valence-corrected chi connectivity index (χ1v) is 7.18. The first-order chi connectivity index (χ1) is 9.31. The van der Waals surface area contributed by atoms with E-state index < -0.39 is 5.60 Å². The third-order valence-corrected chi connectivity index (χ3v) is 2.91. The summed E-state index contributed by atoms with van der Waals surface area (Å²) in [5, 5.41) is 3.27. The highest BCUT2D eigenvalue weighted by atomic mass is 16.6. The molecular formula is C14H26N2O4. The molecule has 0 saturated carbocycles. The maximum atomic E-state index is 11.9. The van der Waals surface area contributed by atoms with Gasteiger partial charge in [0, 0.05) is 25.7 Å². The first kappa shape index (κ1) is 16.8. The van der Waals surface area contributed by atoms with E-state index in [1.54, 1.807) is 11.8 Å². The fourth-order valence-corrected chi connectivity index (χ4v) is 2.03. The fourth-order valence-electron chi connectivity index (χ4n) is 2.03. The van der Waals surface area contributed by atoms with Crippen LogP contribution >= 0.6 is 0 Å². The van der Waals surface area contributed by atoms with E-state index in [0.29, 0.717) is 32.7 Å². The number of esters is 1. The third kappa shape index (κ3) is 6.23. The van der Waals surface area contributed by atoms with Gasteiger partial charge in [-0.2, -0.15) is 0 Å². The van der Waals surface area contributed by atoms with Crippen LogP contribution in [0.2, 0.25) is 0 Å². The van der Waals surface area contributed by atoms with E-state index >= 15 is 0 Å². The molecule has 1 aliphatic rings. The van der Waals surface area contributed by atoms with Gasteiger partial charge in [0.2, 0.25) is 0 Å². The minimum absolute atomic E-state index is 0.193. The maximum absolute atomic E-state index is 11.9. The average molecular weight is 286 g/mol. The Bertz CT molecular complexity index is 339. The van der Waals surface area contributed by atoms with Crippen molar-refractivity contribution in [3.05, 3.63) is 0 Å². The Balaban J connectivity index is 2.23. The van der Waals surface area contributed by atoms with Crippen LogP contribution in [0.4, 0.5) is 4.79 Å². The van der Waals surface area contributed by atoms with Crippen molar-refractivity contribution >= 4 is 12.1 Å². The molecule has 1 rings (SSSR count). The van der Waals surface area contributed by atoms with Crippen molar-refractivity contribution in [3.8, 4) is 0 Å². The number of hydrogen-bond acceptors (Lipinski definition) is 5. The van der Waals surface area contributed by atoms with Gasteiger partial charge in [-0.05, 0) is 34.1 Å². The molecule has 6 nitrogen and oxygen atoms in total. The zero-order chi connectivity index (χ0) is 15.2. The van der Waals surface area contributed by atoms with Crippen molar-refractivity contribution in [1.29, 1.82) is 0 Å². The molecule has 0 aromatic heterocycles. The number of ether oxygens (including phenoxy) is 2. The van der Waals surface area contributed by atoms with Crippen molar-refractivity contribution < 1.29 is 19.1 Å². The number of amides is 1. The Morgan fingerprint density at radius 1 is 1.35 bits per heavy atom. The summed E-state index contributed by atoms with van der Waals surface area (Å²) in [6.45, 7) is 9.66. The molecule has 0 spiro atoms. The quantitative estimate of drug-likeness (QED) is 0.776. The molecule has 1 aliphatic heterocycles. The van der Waals surface area contributed by atoms with Gasteiger partial charge in [0.25, 0.3) is 0 Å². The van der Waals surface area contributed by atoms with E-state index in [-0.39, 0.29) is 18.1 Å². The van der Waals surface area contributed by atoms with Crippen LogP contribution in [0.3, 0.4) is 0 Å². The molecule has 1 fully saturated rings. The number of likely N-dealkylation sites (tertiary alicyclic amines) is 1. The van der Waals surface area contributed by atoms with E-state index in [1.807, 2.05) is 20.8 Å². The Morgan fingerprint density at radius 3 is 2.65 bits per heavy atom. The largest absolute Gasteiger partial charge is 0.466 e. The highest BCUT2D eigenvalue weighted by Crippen LogP contribution is 2.15. The smallest absolute Gasteiger partial charge is 0.410 e. The van der Waals surface area contributed by atoms with Crippen LogP contribution in [0.15, 0.2) is 0 Å². The van der Waals surface area contributed by atoms with Crippen molar-refractivity contribution in [1.82, 2.24) is 10.2 Å². The van der Waals surface area contributed by atoms with Gasteiger partial charge in [-0.1, -0.05) is 0 Å². The Morgan fingerprint density at radius 2 is 2.05 bits per heavy atom. The molecule has 0 radical (unpaired) electrons. The maximum Gasteiger partial charge on any atom is 0.410 e. The number of carbonyl (C=O) groups excluding carboxylic acids is 2. The zero-order valence-electron chi connectivity index (χ0n) is 12.9. The van der Waals surface area contributed by atoms with Gasteiger partial charge >= 0.3 is 12.1 Å². The number of nitrogens with zero attached hydrogens (tertiary/aromatic N) is 1. The molecule has 1 heterocycles. The molecule has 116 valence electrons. The molecule has 20 heavy (non-hydrogen) atoms. The van der Waals surface area contributed by atoms with Crippen LogP contribution in [-0.4, -0.2) is 54.8 Å². The second-order valence-corrected chi connectivity index (χ2v) is 5.92. The predicted molar refractivity (Wildman–Crippen MR) is 75.5 cm³/mol. The van der Waals surface area contributed by atoms with Crippen molar-refractivity contribution in [3.63, 3.8) is 0 Å². The molecule has 0 aromatic carbocycles. The number of carbonyl (C=O) groups is 2. The normalized spacial score (nSPS) is 19.0. The van der Waals surface area contributed by atoms with Crippen molar-refractivity contribution in [2.75, 3.05) is 26.2 Å². The van der Waals surface area contributed by atoms with Crippen LogP contribution in [0.5, 0.6) is 0 Å². The zero-order valence-corrected chi connectivity index (χ0v) is 12.9. The lowest BCUT2D eigenvalue weighted by atomic mass is 10.2. The molecule has 0 bridgehead atoms. The number of nitrogens with one attached hydrogen (secondary N) is 1. The highest BCUT2D eigenvalue weighted by Gasteiger charge is 2.29. The summed E-state index contributed by atoms with van der Waals surface area (Å²) in [6.07, 6.45) is 0.964. The second kappa shape index (κ2) is 7.47. The van der Waals surface area contributed by atoms with Crippen LogP contribution < -0.4 is 5.32 Å². The van der Waals surface area contributed by atoms with Gasteiger partial charge in [0.15, 0.2) is 0 Å². The van der Waals surface area contributed by atoms with Gasteiger partial charge in [0.05, 0.1) is 13.0 Å². The second-order valence-electron chi connectivity index (χ2n) is 5.92. The Kier molecular flexibility index (Phi) is 6.26. The Hall–Kier alpha value is -1.30. The van der Waals surface area contributed by atoms with E-state index in [9.17, 15) is 9.59 Å². The van der Waals surface area contributed by atoms with Crippen molar-refractivity contribution in [2.45, 2.75) is 52.2 Å². The van der Waals surface area contributed by atoms with Crippen molar-refractivity contribution in [2.24, 2.45) is 0 Å². The average Bonchev–Trinajstić information content (AvgIpc) is 2.76. The van der Waals surface area contributed by atoms with Gasteiger partial charge in [-0.3, -0.25) is 4.79 Å². The van der Waals surface area contributed by atoms with Crippen LogP contribution in [0, 0.1) is 0 Å². The molecule has 1 unspecified atom stereocenters. The lowest BCUT2D eigenvalue weighted by Gasteiger charge is -2.24. The molecule has 0 aromatic rings. The lowest BCUT2D eigenvalue weighted by molar-refractivity contribution is -0.143. The summed E-state index contributed by atoms with van der Waals surface area (Å²) in [5.41, 5.74) is -0.466. The summed E-state index contributed by atoms with van der Waals surface area (Å²) in [5.74, 6) is -0.193. The van der Waals surface area contributed by atoms with Crippen LogP contribution in [-0.2, 0) is 14.3 Å². The summed E-state index contributed by atoms with van der Waals surface area (Å²) >= 11 is 0. The molecule has 1 amide bonds. The molecule has 1 atom stereocenters. The molecular weight excluding hydrogens is 260 g/mol. The van der Waals surface area contributed by atoms with Gasteiger partial charge in [-0.15, -0.1) is 0 Å². The summed E-state index contributed by atoms with van der Waals surface area (Å²) in [4.78, 5) is 24.8. The van der Waals surface area contributed by atoms with E-state index in [1.165, 1.54) is 0 Å². The Labute approximate surface area is 120 Å². The monoisotopic (exact) mass is 286 g/mol. The summed E-state index contributed by atoms with van der Waals surface area (Å²) in [7, 11) is 0. The fraction of sp³-hybridized carbons (Fsp3) is 0.857. The minimum atomic E-state index is -0.466. The molecule has 6 heteroatoms. The highest BCUT2D eigenvalue weighted by molar-refractivity contribution is 5.69. The first-order valence-electron chi connectivity index (χ1n) is 7.18. The van der Waals surface area contributed by atoms with E-state index in [0.717, 1.165) is 6.42 Å². The number of hydrogen-bond donors (Lipinski definition) is 1. The molecule has 0 aliphatic carbocycles. The van der Waals surface area contributed by atoms with E-state index in [4.69, 9.17) is 9.47 Å². The molecule has 1 N–H and O–H groups in total. The predicted octanol–water partition coefficient (Wildman–Crippen LogP) is 1.54. The summed E-state index contributed by atoms with van der Waals surface area (Å²) < 4.78 is 10.2. The number of rotatable bonds is 5. The molecule has 1 saturated heterocycles. The lowest BCUT2D eigenvalue weighted by Crippen LogP contribution is -2.38. The van der Waals surface area contributed by atoms with Crippen LogP contribution in [0.25, 0.3) is 0 Å². The van der Waals surface area contributed by atoms with Gasteiger partial charge in [0.1, 0.15) is 5.60 Å². The third-order valence-electron chi connectivity index (χ3n) is 2.91. The summed E-state index contributed by atoms with van der Waals surface area (Å²) in [6, 6.07) is 0.219. The van der Waals surface area contributed by atoms with Gasteiger partial charge < -0.3 is 19.7 Å².